The Bertz CT molecular complexity index is 1090. The highest BCUT2D eigenvalue weighted by molar-refractivity contribution is 9.10. The molecule has 0 spiro atoms. The van der Waals surface area contributed by atoms with Crippen LogP contribution in [0.15, 0.2) is 75.2 Å². The molecule has 0 bridgehead atoms. The van der Waals surface area contributed by atoms with Gasteiger partial charge in [-0.1, -0.05) is 63.6 Å². The third kappa shape index (κ3) is 3.03. The number of hydrogen-bond acceptors (Lipinski definition) is 5. The van der Waals surface area contributed by atoms with E-state index in [0.29, 0.717) is 16.9 Å². The van der Waals surface area contributed by atoms with E-state index in [0.717, 1.165) is 4.47 Å². The van der Waals surface area contributed by atoms with Crippen LogP contribution in [-0.2, 0) is 9.59 Å². The molecule has 6 nitrogen and oxygen atoms in total. The first-order valence-electron chi connectivity index (χ1n) is 8.52. The van der Waals surface area contributed by atoms with Gasteiger partial charge in [0.2, 0.25) is 0 Å². The molecule has 2 aromatic carbocycles. The number of halogens is 1. The van der Waals surface area contributed by atoms with Crippen LogP contribution < -0.4 is 4.90 Å². The van der Waals surface area contributed by atoms with Crippen molar-refractivity contribution < 1.29 is 19.2 Å². The number of aryl methyl sites for hydroxylation is 1. The highest BCUT2D eigenvalue weighted by Gasteiger charge is 2.48. The second-order valence-electron chi connectivity index (χ2n) is 6.38. The predicted octanol–water partition coefficient (Wildman–Crippen LogP) is 4.37. The van der Waals surface area contributed by atoms with E-state index in [1.165, 1.54) is 4.90 Å². The average Bonchev–Trinajstić information content (AvgIpc) is 3.24. The topological polar surface area (TPSA) is 83.6 Å². The van der Waals surface area contributed by atoms with Crippen molar-refractivity contribution in [3.8, 4) is 0 Å². The first kappa shape index (κ1) is 18.2. The van der Waals surface area contributed by atoms with E-state index in [4.69, 9.17) is 4.52 Å². The molecule has 1 atom stereocenters. The second-order valence-corrected chi connectivity index (χ2v) is 7.30. The van der Waals surface area contributed by atoms with Crippen molar-refractivity contribution in [2.45, 2.75) is 13.0 Å². The summed E-state index contributed by atoms with van der Waals surface area (Å²) in [5.74, 6) is -1.03. The van der Waals surface area contributed by atoms with Crippen LogP contribution in [0, 0.1) is 6.92 Å². The van der Waals surface area contributed by atoms with Crippen LogP contribution >= 0.6 is 15.9 Å². The van der Waals surface area contributed by atoms with Gasteiger partial charge in [-0.3, -0.25) is 14.5 Å². The molecule has 1 saturated heterocycles. The van der Waals surface area contributed by atoms with Gasteiger partial charge in [-0.2, -0.15) is 0 Å². The summed E-state index contributed by atoms with van der Waals surface area (Å²) in [6.07, 6.45) is 0. The fourth-order valence-electron chi connectivity index (χ4n) is 3.25. The monoisotopic (exact) mass is 438 g/mol. The number of aliphatic hydroxyl groups is 1. The van der Waals surface area contributed by atoms with Crippen molar-refractivity contribution in [2.24, 2.45) is 0 Å². The summed E-state index contributed by atoms with van der Waals surface area (Å²) in [5, 5.41) is 14.8. The predicted molar refractivity (Wildman–Crippen MR) is 107 cm³/mol. The fourth-order valence-corrected chi connectivity index (χ4v) is 3.51. The normalized spacial score (nSPS) is 18.6. The van der Waals surface area contributed by atoms with Gasteiger partial charge < -0.3 is 9.63 Å². The van der Waals surface area contributed by atoms with E-state index < -0.39 is 17.7 Å². The summed E-state index contributed by atoms with van der Waals surface area (Å²) >= 11 is 3.39. The van der Waals surface area contributed by atoms with Crippen LogP contribution in [0.3, 0.4) is 0 Å². The molecule has 0 radical (unpaired) electrons. The van der Waals surface area contributed by atoms with Crippen molar-refractivity contribution >= 4 is 39.2 Å². The van der Waals surface area contributed by atoms with Gasteiger partial charge in [0.05, 0.1) is 11.6 Å². The number of nitrogens with zero attached hydrogens (tertiary/aromatic N) is 2. The molecule has 1 amide bonds. The zero-order valence-corrected chi connectivity index (χ0v) is 16.4. The molecule has 1 N–H and O–H groups in total. The number of anilines is 1. The first-order chi connectivity index (χ1) is 13.5. The van der Waals surface area contributed by atoms with Crippen LogP contribution in [0.25, 0.3) is 5.76 Å². The van der Waals surface area contributed by atoms with Gasteiger partial charge in [0, 0.05) is 16.1 Å². The molecule has 140 valence electrons. The molecule has 3 aromatic rings. The Morgan fingerprint density at radius 1 is 1.11 bits per heavy atom. The van der Waals surface area contributed by atoms with E-state index in [-0.39, 0.29) is 17.2 Å². The number of carbonyl (C=O) groups excluding carboxylic acids is 2. The maximum absolute atomic E-state index is 12.9. The summed E-state index contributed by atoms with van der Waals surface area (Å²) in [7, 11) is 0. The lowest BCUT2D eigenvalue weighted by molar-refractivity contribution is -0.132. The number of benzene rings is 2. The number of Topliss-reactive ketones (excluding diaryl/α,β-unsaturated/α-hetero) is 1. The summed E-state index contributed by atoms with van der Waals surface area (Å²) in [5.41, 5.74) is 1.14. The minimum Gasteiger partial charge on any atom is -0.507 e. The zero-order chi connectivity index (χ0) is 19.8. The van der Waals surface area contributed by atoms with E-state index in [2.05, 4.69) is 21.1 Å². The molecule has 0 saturated carbocycles. The third-order valence-electron chi connectivity index (χ3n) is 4.54. The lowest BCUT2D eigenvalue weighted by atomic mass is 9.95. The largest absolute Gasteiger partial charge is 0.507 e. The summed E-state index contributed by atoms with van der Waals surface area (Å²) in [4.78, 5) is 27.0. The highest BCUT2D eigenvalue weighted by atomic mass is 79.9. The smallest absolute Gasteiger partial charge is 0.301 e. The van der Waals surface area contributed by atoms with Crippen LogP contribution in [0.2, 0.25) is 0 Å². The molecular formula is C21H15BrN2O4. The van der Waals surface area contributed by atoms with Gasteiger partial charge in [-0.15, -0.1) is 0 Å². The van der Waals surface area contributed by atoms with Crippen molar-refractivity contribution in [1.82, 2.24) is 5.16 Å². The summed E-state index contributed by atoms with van der Waals surface area (Å²) in [6.45, 7) is 1.70. The van der Waals surface area contributed by atoms with Gasteiger partial charge in [-0.25, -0.2) is 0 Å². The summed E-state index contributed by atoms with van der Waals surface area (Å²) < 4.78 is 5.96. The minimum atomic E-state index is -0.821. The number of rotatable bonds is 3. The molecule has 1 aliphatic heterocycles. The second kappa shape index (κ2) is 7.09. The van der Waals surface area contributed by atoms with Crippen molar-refractivity contribution in [1.29, 1.82) is 0 Å². The number of aromatic nitrogens is 1. The van der Waals surface area contributed by atoms with Crippen molar-refractivity contribution in [3.05, 3.63) is 87.6 Å². The van der Waals surface area contributed by atoms with Gasteiger partial charge in [0.1, 0.15) is 11.5 Å². The highest BCUT2D eigenvalue weighted by Crippen LogP contribution is 2.42. The van der Waals surface area contributed by atoms with Crippen LogP contribution in [0.1, 0.15) is 22.9 Å². The molecule has 0 unspecified atom stereocenters. The van der Waals surface area contributed by atoms with Gasteiger partial charge >= 0.3 is 5.91 Å². The van der Waals surface area contributed by atoms with E-state index in [1.54, 1.807) is 55.5 Å². The molecule has 4 rings (SSSR count). The molecule has 28 heavy (non-hydrogen) atoms. The zero-order valence-electron chi connectivity index (χ0n) is 14.8. The van der Waals surface area contributed by atoms with Crippen molar-refractivity contribution in [3.63, 3.8) is 0 Å². The van der Waals surface area contributed by atoms with E-state index in [1.807, 2.05) is 12.1 Å². The Hall–Kier alpha value is -3.19. The fraction of sp³-hybridized carbons (Fsp3) is 0.0952. The number of carbonyl (C=O) groups is 2. The number of ketones is 1. The number of aliphatic hydroxyl groups excluding tert-OH is 1. The quantitative estimate of drug-likeness (QED) is 0.372. The van der Waals surface area contributed by atoms with Crippen LogP contribution in [0.4, 0.5) is 5.82 Å². The Morgan fingerprint density at radius 3 is 2.39 bits per heavy atom. The molecule has 0 aliphatic carbocycles. The number of amides is 1. The number of hydrogen-bond donors (Lipinski definition) is 1. The Balaban J connectivity index is 1.94. The molecular weight excluding hydrogens is 424 g/mol. The Kier molecular flexibility index (Phi) is 4.60. The maximum atomic E-state index is 12.9. The standard InChI is InChI=1S/C21H15BrN2O4/c1-12-11-16(23-28-12)24-18(13-7-9-15(22)10-8-13)17(20(26)21(24)27)19(25)14-5-3-2-4-6-14/h2-11,18,25H,1H3/t18-/m1/s1. The minimum absolute atomic E-state index is 0.0131. The van der Waals surface area contributed by atoms with Gasteiger partial charge in [0.25, 0.3) is 5.78 Å². The van der Waals surface area contributed by atoms with Crippen LogP contribution in [-0.4, -0.2) is 22.0 Å². The maximum Gasteiger partial charge on any atom is 0.301 e. The molecule has 1 aromatic heterocycles. The van der Waals surface area contributed by atoms with Gasteiger partial charge in [-0.05, 0) is 24.6 Å². The molecule has 1 aliphatic rings. The molecule has 1 fully saturated rings. The third-order valence-corrected chi connectivity index (χ3v) is 5.07. The Morgan fingerprint density at radius 2 is 1.79 bits per heavy atom. The van der Waals surface area contributed by atoms with E-state index >= 15 is 0 Å². The molecule has 2 heterocycles. The van der Waals surface area contributed by atoms with Crippen LogP contribution in [0.5, 0.6) is 0 Å². The summed E-state index contributed by atoms with van der Waals surface area (Å²) in [6, 6.07) is 16.6. The first-order valence-corrected chi connectivity index (χ1v) is 9.32. The van der Waals surface area contributed by atoms with E-state index in [9.17, 15) is 14.7 Å². The molecule has 7 heteroatoms. The Labute approximate surface area is 169 Å². The van der Waals surface area contributed by atoms with Crippen molar-refractivity contribution in [2.75, 3.05) is 4.90 Å². The average molecular weight is 439 g/mol. The SMILES string of the molecule is Cc1cc(N2C(=O)C(=O)C(=C(O)c3ccccc3)[C@H]2c2ccc(Br)cc2)no1. The van der Waals surface area contributed by atoms with Gasteiger partial charge in [0.15, 0.2) is 5.82 Å². The lowest BCUT2D eigenvalue weighted by Crippen LogP contribution is -2.29. The lowest BCUT2D eigenvalue weighted by Gasteiger charge is -2.22.